The second-order valence-electron chi connectivity index (χ2n) is 4.12. The first-order valence-electron chi connectivity index (χ1n) is 6.14. The Morgan fingerprint density at radius 3 is 2.53 bits per heavy atom. The van der Waals surface area contributed by atoms with E-state index in [2.05, 4.69) is 22.3 Å². The first-order chi connectivity index (χ1) is 8.40. The zero-order valence-electron chi connectivity index (χ0n) is 9.99. The number of benzene rings is 1. The second-order valence-corrected chi connectivity index (χ2v) is 4.50. The summed E-state index contributed by atoms with van der Waals surface area (Å²) in [5, 5.41) is 3.35. The zero-order chi connectivity index (χ0) is 11.9. The van der Waals surface area contributed by atoms with Gasteiger partial charge in [-0.25, -0.2) is 0 Å². The number of halogens is 1. The van der Waals surface area contributed by atoms with E-state index in [1.54, 1.807) is 0 Å². The summed E-state index contributed by atoms with van der Waals surface area (Å²) in [7, 11) is 0. The summed E-state index contributed by atoms with van der Waals surface area (Å²) in [5.74, 6) is 1.58. The molecule has 0 aromatic heterocycles. The van der Waals surface area contributed by atoms with Crippen molar-refractivity contribution in [2.75, 3.05) is 43.6 Å². The van der Waals surface area contributed by atoms with Crippen LogP contribution in [0.15, 0.2) is 24.3 Å². The van der Waals surface area contributed by atoms with Crippen LogP contribution < -0.4 is 15.0 Å². The van der Waals surface area contributed by atoms with Crippen molar-refractivity contribution >= 4 is 17.3 Å². The average molecular weight is 255 g/mol. The van der Waals surface area contributed by atoms with Crippen LogP contribution >= 0.6 is 11.6 Å². The lowest BCUT2D eigenvalue weighted by atomic mass is 10.2. The van der Waals surface area contributed by atoms with Crippen LogP contribution in [0.1, 0.15) is 6.42 Å². The minimum Gasteiger partial charge on any atom is -0.494 e. The molecule has 0 unspecified atom stereocenters. The van der Waals surface area contributed by atoms with Gasteiger partial charge in [0.1, 0.15) is 5.75 Å². The number of ether oxygens (including phenoxy) is 1. The molecule has 1 fully saturated rings. The largest absolute Gasteiger partial charge is 0.494 e. The molecule has 1 saturated heterocycles. The summed E-state index contributed by atoms with van der Waals surface area (Å²) in [6.45, 7) is 4.97. The Balaban J connectivity index is 1.88. The van der Waals surface area contributed by atoms with Gasteiger partial charge in [0.15, 0.2) is 0 Å². The third-order valence-corrected chi connectivity index (χ3v) is 3.13. The Labute approximate surface area is 108 Å². The number of piperazine rings is 1. The topological polar surface area (TPSA) is 24.5 Å². The maximum absolute atomic E-state index is 5.60. The first kappa shape index (κ1) is 12.5. The molecule has 0 aliphatic carbocycles. The summed E-state index contributed by atoms with van der Waals surface area (Å²) < 4.78 is 5.57. The second kappa shape index (κ2) is 6.72. The van der Waals surface area contributed by atoms with Crippen LogP contribution in [0.3, 0.4) is 0 Å². The Morgan fingerprint density at radius 1 is 1.18 bits per heavy atom. The van der Waals surface area contributed by atoms with Crippen LogP contribution in [-0.2, 0) is 0 Å². The van der Waals surface area contributed by atoms with E-state index in [0.717, 1.165) is 38.3 Å². The Bertz CT molecular complexity index is 323. The fraction of sp³-hybridized carbons (Fsp3) is 0.538. The van der Waals surface area contributed by atoms with Gasteiger partial charge in [0.05, 0.1) is 6.61 Å². The van der Waals surface area contributed by atoms with E-state index in [1.807, 2.05) is 12.1 Å². The van der Waals surface area contributed by atoms with Crippen molar-refractivity contribution in [3.63, 3.8) is 0 Å². The van der Waals surface area contributed by atoms with E-state index in [9.17, 15) is 0 Å². The molecule has 1 aliphatic heterocycles. The van der Waals surface area contributed by atoms with Gasteiger partial charge in [0.25, 0.3) is 0 Å². The highest BCUT2D eigenvalue weighted by atomic mass is 35.5. The van der Waals surface area contributed by atoms with E-state index >= 15 is 0 Å². The molecule has 1 aliphatic rings. The van der Waals surface area contributed by atoms with Crippen molar-refractivity contribution in [1.82, 2.24) is 5.32 Å². The van der Waals surface area contributed by atoms with Crippen LogP contribution in [0.25, 0.3) is 0 Å². The van der Waals surface area contributed by atoms with Crippen LogP contribution in [0.4, 0.5) is 5.69 Å². The fourth-order valence-corrected chi connectivity index (χ4v) is 2.03. The highest BCUT2D eigenvalue weighted by Gasteiger charge is 2.09. The zero-order valence-corrected chi connectivity index (χ0v) is 10.7. The molecule has 94 valence electrons. The average Bonchev–Trinajstić information content (AvgIpc) is 2.41. The van der Waals surface area contributed by atoms with Gasteiger partial charge in [0.2, 0.25) is 0 Å². The van der Waals surface area contributed by atoms with Crippen molar-refractivity contribution in [2.45, 2.75) is 6.42 Å². The summed E-state index contributed by atoms with van der Waals surface area (Å²) in [4.78, 5) is 2.39. The number of nitrogens with one attached hydrogen (secondary N) is 1. The number of rotatable bonds is 5. The van der Waals surface area contributed by atoms with E-state index in [-0.39, 0.29) is 0 Å². The summed E-state index contributed by atoms with van der Waals surface area (Å²) in [5.41, 5.74) is 1.27. The predicted octanol–water partition coefficient (Wildman–Crippen LogP) is 2.10. The molecule has 17 heavy (non-hydrogen) atoms. The number of alkyl halides is 1. The molecule has 1 aromatic carbocycles. The van der Waals surface area contributed by atoms with Gasteiger partial charge in [-0.2, -0.15) is 0 Å². The molecule has 0 saturated carbocycles. The van der Waals surface area contributed by atoms with Gasteiger partial charge in [-0.1, -0.05) is 0 Å². The van der Waals surface area contributed by atoms with Gasteiger partial charge < -0.3 is 15.0 Å². The van der Waals surface area contributed by atoms with Crippen molar-refractivity contribution in [3.05, 3.63) is 24.3 Å². The maximum atomic E-state index is 5.60. The van der Waals surface area contributed by atoms with Crippen LogP contribution in [0.2, 0.25) is 0 Å². The SMILES string of the molecule is ClCCCOc1ccc(N2CCNCC2)cc1. The van der Waals surface area contributed by atoms with Gasteiger partial charge in [-0.3, -0.25) is 0 Å². The van der Waals surface area contributed by atoms with Gasteiger partial charge in [-0.05, 0) is 30.7 Å². The molecule has 2 rings (SSSR count). The van der Waals surface area contributed by atoms with Gasteiger partial charge in [-0.15, -0.1) is 11.6 Å². The lowest BCUT2D eigenvalue weighted by Gasteiger charge is -2.29. The van der Waals surface area contributed by atoms with Gasteiger partial charge in [0, 0.05) is 37.7 Å². The van der Waals surface area contributed by atoms with E-state index in [0.29, 0.717) is 12.5 Å². The molecular formula is C13H19ClN2O. The lowest BCUT2D eigenvalue weighted by Crippen LogP contribution is -2.43. The summed E-state index contributed by atoms with van der Waals surface area (Å²) >= 11 is 5.60. The van der Waals surface area contributed by atoms with Gasteiger partial charge >= 0.3 is 0 Å². The van der Waals surface area contributed by atoms with Crippen molar-refractivity contribution in [3.8, 4) is 5.75 Å². The van der Waals surface area contributed by atoms with E-state index in [4.69, 9.17) is 16.3 Å². The number of hydrogen-bond donors (Lipinski definition) is 1. The third kappa shape index (κ3) is 3.79. The molecule has 0 bridgehead atoms. The molecular weight excluding hydrogens is 236 g/mol. The standard InChI is InChI=1S/C13H19ClN2O/c14-6-1-11-17-13-4-2-12(3-5-13)16-9-7-15-8-10-16/h2-5,15H,1,6-11H2. The van der Waals surface area contributed by atoms with Crippen LogP contribution in [0, 0.1) is 0 Å². The highest BCUT2D eigenvalue weighted by Crippen LogP contribution is 2.19. The number of anilines is 1. The van der Waals surface area contributed by atoms with E-state index in [1.165, 1.54) is 5.69 Å². The maximum Gasteiger partial charge on any atom is 0.119 e. The lowest BCUT2D eigenvalue weighted by molar-refractivity contribution is 0.318. The quantitative estimate of drug-likeness (QED) is 0.643. The smallest absolute Gasteiger partial charge is 0.119 e. The number of nitrogens with zero attached hydrogens (tertiary/aromatic N) is 1. The summed E-state index contributed by atoms with van der Waals surface area (Å²) in [6, 6.07) is 8.32. The minimum absolute atomic E-state index is 0.652. The molecule has 4 heteroatoms. The third-order valence-electron chi connectivity index (χ3n) is 2.87. The van der Waals surface area contributed by atoms with Crippen LogP contribution in [0.5, 0.6) is 5.75 Å². The number of hydrogen-bond acceptors (Lipinski definition) is 3. The molecule has 1 N–H and O–H groups in total. The predicted molar refractivity (Wildman–Crippen MR) is 72.4 cm³/mol. The van der Waals surface area contributed by atoms with Crippen molar-refractivity contribution in [1.29, 1.82) is 0 Å². The first-order valence-corrected chi connectivity index (χ1v) is 6.68. The van der Waals surface area contributed by atoms with Crippen LogP contribution in [-0.4, -0.2) is 38.7 Å². The minimum atomic E-state index is 0.652. The Morgan fingerprint density at radius 2 is 1.88 bits per heavy atom. The molecule has 0 amide bonds. The molecule has 0 atom stereocenters. The highest BCUT2D eigenvalue weighted by molar-refractivity contribution is 6.17. The van der Waals surface area contributed by atoms with Crippen molar-refractivity contribution in [2.24, 2.45) is 0 Å². The molecule has 3 nitrogen and oxygen atoms in total. The van der Waals surface area contributed by atoms with E-state index < -0.39 is 0 Å². The monoisotopic (exact) mass is 254 g/mol. The Kier molecular flexibility index (Phi) is 4.95. The normalized spacial score (nSPS) is 15.9. The Hall–Kier alpha value is -0.930. The molecule has 0 radical (unpaired) electrons. The van der Waals surface area contributed by atoms with Crippen molar-refractivity contribution < 1.29 is 4.74 Å². The molecule has 0 spiro atoms. The fourth-order valence-electron chi connectivity index (χ4n) is 1.92. The summed E-state index contributed by atoms with van der Waals surface area (Å²) in [6.07, 6.45) is 0.890. The molecule has 1 heterocycles. The molecule has 1 aromatic rings.